The Labute approximate surface area is 186 Å². The lowest BCUT2D eigenvalue weighted by Gasteiger charge is -2.34. The van der Waals surface area contributed by atoms with Crippen molar-refractivity contribution >= 4 is 29.9 Å². The summed E-state index contributed by atoms with van der Waals surface area (Å²) in [5, 5.41) is 6.91. The standard InChI is InChI=1S/C21H45N5.HI/c1-5-9-12-20(6-2)19-24-21(22-7-3)23-13-10-11-14-26-17-15-25(8-4)16-18-26;/h20H,5-19H2,1-4H3,(H2,22,23,24);1H. The van der Waals surface area contributed by atoms with E-state index >= 15 is 0 Å². The minimum atomic E-state index is 0. The molecule has 1 fully saturated rings. The Morgan fingerprint density at radius 2 is 1.63 bits per heavy atom. The lowest BCUT2D eigenvalue weighted by atomic mass is 10.00. The Kier molecular flexibility index (Phi) is 17.9. The number of unbranched alkanes of at least 4 members (excludes halogenated alkanes) is 2. The first-order valence-electron chi connectivity index (χ1n) is 11.2. The van der Waals surface area contributed by atoms with Crippen LogP contribution in [0.5, 0.6) is 0 Å². The van der Waals surface area contributed by atoms with E-state index in [0.29, 0.717) is 0 Å². The fraction of sp³-hybridized carbons (Fsp3) is 0.952. The van der Waals surface area contributed by atoms with E-state index in [-0.39, 0.29) is 24.0 Å². The molecule has 1 unspecified atom stereocenters. The van der Waals surface area contributed by atoms with E-state index in [0.717, 1.165) is 31.5 Å². The number of hydrogen-bond acceptors (Lipinski definition) is 3. The summed E-state index contributed by atoms with van der Waals surface area (Å²) < 4.78 is 0. The van der Waals surface area contributed by atoms with Crippen molar-refractivity contribution in [1.29, 1.82) is 0 Å². The van der Waals surface area contributed by atoms with Crippen LogP contribution in [-0.2, 0) is 0 Å². The molecule has 0 aromatic carbocycles. The molecule has 1 aliphatic rings. The van der Waals surface area contributed by atoms with Gasteiger partial charge in [-0.15, -0.1) is 24.0 Å². The maximum absolute atomic E-state index is 4.82. The summed E-state index contributed by atoms with van der Waals surface area (Å²) in [6.45, 7) is 19.2. The largest absolute Gasteiger partial charge is 0.357 e. The Balaban J connectivity index is 0.00000676. The summed E-state index contributed by atoms with van der Waals surface area (Å²) in [4.78, 5) is 9.98. The number of rotatable bonds is 13. The van der Waals surface area contributed by atoms with Crippen LogP contribution < -0.4 is 10.6 Å². The predicted molar refractivity (Wildman–Crippen MR) is 130 cm³/mol. The first-order valence-corrected chi connectivity index (χ1v) is 11.2. The van der Waals surface area contributed by atoms with Crippen molar-refractivity contribution in [1.82, 2.24) is 20.4 Å². The van der Waals surface area contributed by atoms with Crippen LogP contribution in [0.3, 0.4) is 0 Å². The molecule has 6 heteroatoms. The monoisotopic (exact) mass is 495 g/mol. The Hall–Kier alpha value is -0.0800. The van der Waals surface area contributed by atoms with Crippen molar-refractivity contribution in [3.8, 4) is 0 Å². The average molecular weight is 496 g/mol. The number of halogens is 1. The molecule has 162 valence electrons. The van der Waals surface area contributed by atoms with Gasteiger partial charge in [-0.2, -0.15) is 0 Å². The average Bonchev–Trinajstić information content (AvgIpc) is 2.68. The lowest BCUT2D eigenvalue weighted by molar-refractivity contribution is 0.136. The van der Waals surface area contributed by atoms with Crippen LogP contribution >= 0.6 is 24.0 Å². The van der Waals surface area contributed by atoms with Crippen LogP contribution in [0.2, 0.25) is 0 Å². The molecule has 1 heterocycles. The number of guanidine groups is 1. The second-order valence-electron chi connectivity index (χ2n) is 7.55. The highest BCUT2D eigenvalue weighted by molar-refractivity contribution is 14.0. The maximum Gasteiger partial charge on any atom is 0.191 e. The first kappa shape index (κ1) is 26.9. The molecule has 0 saturated carbocycles. The maximum atomic E-state index is 4.82. The topological polar surface area (TPSA) is 42.9 Å². The number of nitrogens with zero attached hydrogens (tertiary/aromatic N) is 3. The van der Waals surface area contributed by atoms with Crippen molar-refractivity contribution in [2.45, 2.75) is 66.2 Å². The molecule has 1 aliphatic heterocycles. The highest BCUT2D eigenvalue weighted by atomic mass is 127. The summed E-state index contributed by atoms with van der Waals surface area (Å²) in [5.74, 6) is 1.73. The van der Waals surface area contributed by atoms with Crippen LogP contribution in [0, 0.1) is 5.92 Å². The van der Waals surface area contributed by atoms with Gasteiger partial charge < -0.3 is 20.4 Å². The van der Waals surface area contributed by atoms with Gasteiger partial charge in [-0.25, -0.2) is 0 Å². The van der Waals surface area contributed by atoms with Gasteiger partial charge in [0.1, 0.15) is 0 Å². The normalized spacial score (nSPS) is 17.4. The van der Waals surface area contributed by atoms with Gasteiger partial charge in [-0.1, -0.05) is 40.0 Å². The zero-order valence-corrected chi connectivity index (χ0v) is 20.8. The van der Waals surface area contributed by atoms with E-state index < -0.39 is 0 Å². The Morgan fingerprint density at radius 1 is 0.926 bits per heavy atom. The van der Waals surface area contributed by atoms with E-state index in [1.54, 1.807) is 0 Å². The molecule has 1 rings (SSSR count). The lowest BCUT2D eigenvalue weighted by Crippen LogP contribution is -2.46. The zero-order chi connectivity index (χ0) is 19.0. The highest BCUT2D eigenvalue weighted by Gasteiger charge is 2.14. The predicted octanol–water partition coefficient (Wildman–Crippen LogP) is 3.79. The number of nitrogens with one attached hydrogen (secondary N) is 2. The third-order valence-corrected chi connectivity index (χ3v) is 5.50. The van der Waals surface area contributed by atoms with E-state index in [9.17, 15) is 0 Å². The first-order chi connectivity index (χ1) is 12.7. The molecule has 27 heavy (non-hydrogen) atoms. The number of piperazine rings is 1. The van der Waals surface area contributed by atoms with Gasteiger partial charge in [-0.05, 0) is 45.2 Å². The minimum Gasteiger partial charge on any atom is -0.357 e. The summed E-state index contributed by atoms with van der Waals surface area (Å²) in [7, 11) is 0. The van der Waals surface area contributed by atoms with Crippen molar-refractivity contribution in [2.24, 2.45) is 10.9 Å². The van der Waals surface area contributed by atoms with Gasteiger partial charge >= 0.3 is 0 Å². The van der Waals surface area contributed by atoms with Gasteiger partial charge in [0.15, 0.2) is 5.96 Å². The van der Waals surface area contributed by atoms with Gasteiger partial charge in [-0.3, -0.25) is 4.99 Å². The summed E-state index contributed by atoms with van der Waals surface area (Å²) in [6.07, 6.45) is 7.63. The third kappa shape index (κ3) is 12.9. The molecule has 0 spiro atoms. The minimum absolute atomic E-state index is 0. The molecule has 2 N–H and O–H groups in total. The van der Waals surface area contributed by atoms with Gasteiger partial charge in [0.05, 0.1) is 0 Å². The second kappa shape index (κ2) is 18.0. The van der Waals surface area contributed by atoms with E-state index in [1.807, 2.05) is 0 Å². The zero-order valence-electron chi connectivity index (χ0n) is 18.4. The van der Waals surface area contributed by atoms with E-state index in [4.69, 9.17) is 4.99 Å². The summed E-state index contributed by atoms with van der Waals surface area (Å²) >= 11 is 0. The molecule has 0 aliphatic carbocycles. The van der Waals surface area contributed by atoms with Crippen molar-refractivity contribution in [3.63, 3.8) is 0 Å². The fourth-order valence-electron chi connectivity index (χ4n) is 3.48. The van der Waals surface area contributed by atoms with Crippen LogP contribution in [0.4, 0.5) is 0 Å². The van der Waals surface area contributed by atoms with Crippen molar-refractivity contribution in [2.75, 3.05) is 58.9 Å². The fourth-order valence-corrected chi connectivity index (χ4v) is 3.48. The Bertz CT molecular complexity index is 356. The molecule has 0 radical (unpaired) electrons. The molecule has 0 aromatic heterocycles. The molecule has 0 amide bonds. The van der Waals surface area contributed by atoms with E-state index in [1.165, 1.54) is 77.8 Å². The highest BCUT2D eigenvalue weighted by Crippen LogP contribution is 2.12. The molecular weight excluding hydrogens is 449 g/mol. The smallest absolute Gasteiger partial charge is 0.191 e. The number of likely N-dealkylation sites (N-methyl/N-ethyl adjacent to an activating group) is 1. The quantitative estimate of drug-likeness (QED) is 0.177. The van der Waals surface area contributed by atoms with Crippen LogP contribution in [-0.4, -0.2) is 74.7 Å². The van der Waals surface area contributed by atoms with Gasteiger partial charge in [0.25, 0.3) is 0 Å². The van der Waals surface area contributed by atoms with Crippen molar-refractivity contribution < 1.29 is 0 Å². The van der Waals surface area contributed by atoms with Crippen molar-refractivity contribution in [3.05, 3.63) is 0 Å². The number of hydrogen-bond donors (Lipinski definition) is 2. The molecule has 0 aromatic rings. The van der Waals surface area contributed by atoms with E-state index in [2.05, 4.69) is 48.1 Å². The number of aliphatic imine (C=N–C) groups is 1. The molecule has 1 saturated heterocycles. The summed E-state index contributed by atoms with van der Waals surface area (Å²) in [5.41, 5.74) is 0. The molecule has 0 bridgehead atoms. The SMILES string of the molecule is CCCCC(CC)CN=C(NCC)NCCCCN1CCN(CC)CC1.I. The Morgan fingerprint density at radius 3 is 2.22 bits per heavy atom. The summed E-state index contributed by atoms with van der Waals surface area (Å²) in [6, 6.07) is 0. The van der Waals surface area contributed by atoms with Gasteiger partial charge in [0.2, 0.25) is 0 Å². The molecule has 1 atom stereocenters. The van der Waals surface area contributed by atoms with Crippen LogP contribution in [0.15, 0.2) is 4.99 Å². The third-order valence-electron chi connectivity index (χ3n) is 5.50. The van der Waals surface area contributed by atoms with Crippen LogP contribution in [0.1, 0.15) is 66.2 Å². The molecule has 5 nitrogen and oxygen atoms in total. The van der Waals surface area contributed by atoms with Crippen LogP contribution in [0.25, 0.3) is 0 Å². The second-order valence-corrected chi connectivity index (χ2v) is 7.55. The van der Waals surface area contributed by atoms with Gasteiger partial charge in [0, 0.05) is 45.8 Å². The molecular formula is C21H46IN5.